The molecule has 28 heavy (non-hydrogen) atoms. The van der Waals surface area contributed by atoms with Gasteiger partial charge in [-0.2, -0.15) is 0 Å². The van der Waals surface area contributed by atoms with Crippen molar-refractivity contribution in [1.29, 1.82) is 0 Å². The van der Waals surface area contributed by atoms with Crippen molar-refractivity contribution >= 4 is 24.5 Å². The van der Waals surface area contributed by atoms with Gasteiger partial charge in [0.25, 0.3) is 0 Å². The van der Waals surface area contributed by atoms with Crippen LogP contribution in [0, 0.1) is 0 Å². The summed E-state index contributed by atoms with van der Waals surface area (Å²) < 4.78 is 9.31. The van der Waals surface area contributed by atoms with E-state index >= 15 is 0 Å². The Morgan fingerprint density at radius 1 is 1.07 bits per heavy atom. The number of methoxy groups -OCH3 is 1. The Kier molecular flexibility index (Phi) is 16.0. The van der Waals surface area contributed by atoms with E-state index in [0.29, 0.717) is 0 Å². The van der Waals surface area contributed by atoms with E-state index in [2.05, 4.69) is 33.9 Å². The molecule has 0 heterocycles. The van der Waals surface area contributed by atoms with Crippen LogP contribution in [0.15, 0.2) is 25.3 Å². The summed E-state index contributed by atoms with van der Waals surface area (Å²) in [6, 6.07) is -0.386. The molecule has 0 saturated carbocycles. The number of aliphatic hydroxyl groups excluding tert-OH is 1. The van der Waals surface area contributed by atoms with E-state index in [-0.39, 0.29) is 22.8 Å². The quantitative estimate of drug-likeness (QED) is 0.187. The Hall–Kier alpha value is -0.491. The summed E-state index contributed by atoms with van der Waals surface area (Å²) in [5, 5.41) is 9.99. The zero-order valence-corrected chi connectivity index (χ0v) is 21.8. The third kappa shape index (κ3) is 8.48. The first-order chi connectivity index (χ1) is 13.5. The van der Waals surface area contributed by atoms with Gasteiger partial charge in [0.15, 0.2) is 0 Å². The standard InChI is InChI=1S/C11H18NO3.3C4H9.Sn/c1-4-6-7-8-12(11(14)15-3)10(5-2)9-13;3*1-3-4-2;/h4-5,8,10,13H,1-2,6-7,9H2,3H3;3*1,3-4H2,2H3;/t10-;;;;/m0..../s1. The van der Waals surface area contributed by atoms with Crippen LogP contribution in [-0.4, -0.2) is 58.3 Å². The van der Waals surface area contributed by atoms with Gasteiger partial charge in [0, 0.05) is 0 Å². The van der Waals surface area contributed by atoms with E-state index < -0.39 is 18.4 Å². The summed E-state index contributed by atoms with van der Waals surface area (Å²) in [7, 11) is 1.44. The van der Waals surface area contributed by atoms with Gasteiger partial charge in [0.05, 0.1) is 0 Å². The van der Waals surface area contributed by atoms with Gasteiger partial charge in [-0.3, -0.25) is 0 Å². The number of allylic oxidation sites excluding steroid dienone is 1. The number of hydrogen-bond acceptors (Lipinski definition) is 3. The van der Waals surface area contributed by atoms with Crippen molar-refractivity contribution in [1.82, 2.24) is 4.90 Å². The number of hydrogen-bond donors (Lipinski definition) is 1. The number of nitrogens with zero attached hydrogens (tertiary/aromatic N) is 1. The molecule has 0 fully saturated rings. The molecule has 0 saturated heterocycles. The molecule has 4 nitrogen and oxygen atoms in total. The van der Waals surface area contributed by atoms with Crippen molar-refractivity contribution in [2.75, 3.05) is 13.7 Å². The van der Waals surface area contributed by atoms with E-state index in [1.165, 1.54) is 58.9 Å². The minimum absolute atomic E-state index is 0.111. The Bertz CT molecular complexity index is 420. The average Bonchev–Trinajstić information content (AvgIpc) is 2.73. The maximum atomic E-state index is 12.9. The molecule has 0 radical (unpaired) electrons. The molecule has 0 aromatic rings. The van der Waals surface area contributed by atoms with E-state index in [4.69, 9.17) is 4.74 Å². The number of unbranched alkanes of at least 4 members (excludes halogenated alkanes) is 3. The molecule has 0 spiro atoms. The van der Waals surface area contributed by atoms with Crippen molar-refractivity contribution < 1.29 is 14.6 Å². The molecule has 0 aliphatic heterocycles. The van der Waals surface area contributed by atoms with Crippen LogP contribution in [0.1, 0.15) is 72.1 Å². The summed E-state index contributed by atoms with van der Waals surface area (Å²) in [5.74, 6) is 0. The van der Waals surface area contributed by atoms with Gasteiger partial charge < -0.3 is 0 Å². The Labute approximate surface area is 178 Å². The molecule has 0 aromatic carbocycles. The number of carbonyl (C=O) groups excluding carboxylic acids is 1. The van der Waals surface area contributed by atoms with Crippen molar-refractivity contribution in [3.05, 3.63) is 25.3 Å². The molecule has 0 aliphatic rings. The number of aliphatic hydroxyl groups is 1. The molecule has 2 atom stereocenters. The van der Waals surface area contributed by atoms with Gasteiger partial charge in [-0.15, -0.1) is 0 Å². The van der Waals surface area contributed by atoms with Crippen LogP contribution in [0.5, 0.6) is 0 Å². The summed E-state index contributed by atoms with van der Waals surface area (Å²) in [6.07, 6.45) is 12.4. The molecule has 0 rings (SSSR count). The zero-order valence-electron chi connectivity index (χ0n) is 18.9. The fourth-order valence-corrected chi connectivity index (χ4v) is 23.2. The molecule has 5 heteroatoms. The van der Waals surface area contributed by atoms with Crippen molar-refractivity contribution in [2.45, 2.75) is 95.5 Å². The molecule has 0 aromatic heterocycles. The van der Waals surface area contributed by atoms with Crippen LogP contribution in [0.3, 0.4) is 0 Å². The van der Waals surface area contributed by atoms with Gasteiger partial charge in [-0.25, -0.2) is 0 Å². The van der Waals surface area contributed by atoms with E-state index in [1.54, 1.807) is 6.08 Å². The molecule has 0 aliphatic carbocycles. The summed E-state index contributed by atoms with van der Waals surface area (Å²) in [5.41, 5.74) is 0. The molecule has 0 unspecified atom stereocenters. The second-order valence-electron chi connectivity index (χ2n) is 7.92. The van der Waals surface area contributed by atoms with Crippen molar-refractivity contribution in [3.63, 3.8) is 0 Å². The number of carbonyl (C=O) groups is 1. The predicted molar refractivity (Wildman–Crippen MR) is 123 cm³/mol. The zero-order chi connectivity index (χ0) is 21.4. The fourth-order valence-electron chi connectivity index (χ4n) is 4.35. The molecule has 1 amide bonds. The second kappa shape index (κ2) is 16.3. The predicted octanol–water partition coefficient (Wildman–Crippen LogP) is 6.32. The van der Waals surface area contributed by atoms with Gasteiger partial charge in [-0.05, 0) is 0 Å². The van der Waals surface area contributed by atoms with Gasteiger partial charge in [0.2, 0.25) is 0 Å². The van der Waals surface area contributed by atoms with E-state index in [1.807, 2.05) is 11.0 Å². The number of ether oxygens (including phenoxy) is 1. The first-order valence-corrected chi connectivity index (χ1v) is 18.9. The monoisotopic (exact) mass is 503 g/mol. The Morgan fingerprint density at radius 2 is 1.57 bits per heavy atom. The third-order valence-electron chi connectivity index (χ3n) is 5.97. The Balaban J connectivity index is 6.31. The van der Waals surface area contributed by atoms with Crippen LogP contribution in [-0.2, 0) is 4.74 Å². The molecule has 164 valence electrons. The van der Waals surface area contributed by atoms with E-state index in [9.17, 15) is 9.90 Å². The minimum atomic E-state index is -2.80. The van der Waals surface area contributed by atoms with Gasteiger partial charge >= 0.3 is 179 Å². The first kappa shape index (κ1) is 27.5. The van der Waals surface area contributed by atoms with E-state index in [0.717, 1.165) is 12.8 Å². The summed E-state index contributed by atoms with van der Waals surface area (Å²) >= 11 is -2.80. The second-order valence-corrected chi connectivity index (χ2v) is 21.9. The fraction of sp³-hybridized carbons (Fsp3) is 0.783. The maximum absolute atomic E-state index is 12.9. The topological polar surface area (TPSA) is 49.8 Å². The normalized spacial score (nSPS) is 13.6. The van der Waals surface area contributed by atoms with Crippen molar-refractivity contribution in [2.24, 2.45) is 0 Å². The number of amides is 1. The van der Waals surface area contributed by atoms with Crippen molar-refractivity contribution in [3.8, 4) is 0 Å². The van der Waals surface area contributed by atoms with Gasteiger partial charge in [0.1, 0.15) is 0 Å². The van der Waals surface area contributed by atoms with Crippen LogP contribution >= 0.6 is 0 Å². The van der Waals surface area contributed by atoms with Crippen LogP contribution in [0.2, 0.25) is 13.3 Å². The first-order valence-electron chi connectivity index (χ1n) is 11.2. The average molecular weight is 502 g/mol. The molecule has 1 N–H and O–H groups in total. The van der Waals surface area contributed by atoms with Crippen LogP contribution in [0.4, 0.5) is 4.79 Å². The van der Waals surface area contributed by atoms with Crippen LogP contribution in [0.25, 0.3) is 0 Å². The number of rotatable bonds is 17. The van der Waals surface area contributed by atoms with Crippen LogP contribution < -0.4 is 0 Å². The molecule has 0 bridgehead atoms. The molecular formula is C23H45NO3Sn. The summed E-state index contributed by atoms with van der Waals surface area (Å²) in [4.78, 5) is 14.8. The molecular weight excluding hydrogens is 457 g/mol. The summed E-state index contributed by atoms with van der Waals surface area (Å²) in [6.45, 7) is 14.5. The Morgan fingerprint density at radius 3 is 1.89 bits per heavy atom. The SMILES string of the molecule is C=CCC[C@H](N(C(=O)OC)[C@@H](C=C)CO)[Sn]([CH2]CCC)([CH2]CCC)[CH2]CCC. The van der Waals surface area contributed by atoms with Gasteiger partial charge in [-0.1, -0.05) is 0 Å². The third-order valence-corrected chi connectivity index (χ3v) is 23.2.